The first-order valence-corrected chi connectivity index (χ1v) is 10.7. The average molecular weight is 458 g/mol. The third-order valence-corrected chi connectivity index (χ3v) is 6.49. The number of ether oxygens (including phenoxy) is 2. The monoisotopic (exact) mass is 457 g/mol. The van der Waals surface area contributed by atoms with E-state index in [-0.39, 0.29) is 29.9 Å². The van der Waals surface area contributed by atoms with Crippen LogP contribution in [0, 0.1) is 11.7 Å². The molecule has 0 radical (unpaired) electrons. The number of aliphatic hydroxyl groups excluding tert-OH is 1. The first-order chi connectivity index (χ1) is 14.7. The number of nitrogens with one attached hydrogen (secondary N) is 2. The molecule has 1 unspecified atom stereocenters. The average Bonchev–Trinajstić information content (AvgIpc) is 3.01. The lowest BCUT2D eigenvalue weighted by molar-refractivity contribution is -0.128. The molecule has 10 heteroatoms. The minimum Gasteiger partial charge on any atom is -0.496 e. The lowest BCUT2D eigenvalue weighted by atomic mass is 9.85. The van der Waals surface area contributed by atoms with Crippen LogP contribution in [-0.2, 0) is 9.53 Å². The van der Waals surface area contributed by atoms with Crippen molar-refractivity contribution < 1.29 is 28.6 Å². The van der Waals surface area contributed by atoms with E-state index in [4.69, 9.17) is 21.1 Å². The van der Waals surface area contributed by atoms with Gasteiger partial charge < -0.3 is 19.9 Å². The van der Waals surface area contributed by atoms with Crippen molar-refractivity contribution in [2.75, 3.05) is 33.9 Å². The molecule has 0 saturated carbocycles. The van der Waals surface area contributed by atoms with Crippen molar-refractivity contribution >= 4 is 23.5 Å². The lowest BCUT2D eigenvalue weighted by Gasteiger charge is -2.39. The van der Waals surface area contributed by atoms with E-state index >= 15 is 0 Å². The number of rotatable bonds is 8. The van der Waals surface area contributed by atoms with E-state index in [0.717, 1.165) is 5.56 Å². The van der Waals surface area contributed by atoms with E-state index in [1.54, 1.807) is 0 Å². The fourth-order valence-corrected chi connectivity index (χ4v) is 4.76. The van der Waals surface area contributed by atoms with Crippen molar-refractivity contribution in [2.45, 2.75) is 43.9 Å². The van der Waals surface area contributed by atoms with Gasteiger partial charge in [0.2, 0.25) is 0 Å². The molecule has 3 N–H and O–H groups in total. The summed E-state index contributed by atoms with van der Waals surface area (Å²) in [5.74, 6) is -0.593. The third-order valence-electron chi connectivity index (χ3n) is 6.20. The Labute approximate surface area is 186 Å². The van der Waals surface area contributed by atoms with Crippen LogP contribution in [0.2, 0.25) is 5.02 Å². The molecule has 1 aromatic rings. The summed E-state index contributed by atoms with van der Waals surface area (Å²) < 4.78 is 24.5. The van der Waals surface area contributed by atoms with Crippen LogP contribution in [0.1, 0.15) is 37.7 Å². The van der Waals surface area contributed by atoms with Gasteiger partial charge in [0.1, 0.15) is 23.3 Å². The van der Waals surface area contributed by atoms with Crippen molar-refractivity contribution in [2.24, 2.45) is 5.92 Å². The van der Waals surface area contributed by atoms with E-state index in [1.165, 1.54) is 26.4 Å². The van der Waals surface area contributed by atoms with Crippen molar-refractivity contribution in [3.8, 4) is 5.75 Å². The number of carbonyl (C=O) groups is 2. The highest BCUT2D eigenvalue weighted by atomic mass is 35.5. The molecule has 172 valence electrons. The topological polar surface area (TPSA) is 100 Å². The molecule has 3 rings (SSSR count). The highest BCUT2D eigenvalue weighted by Gasteiger charge is 2.48. The number of amides is 3. The largest absolute Gasteiger partial charge is 0.496 e. The number of halogens is 2. The molecule has 0 spiro atoms. The predicted molar refractivity (Wildman–Crippen MR) is 113 cm³/mol. The maximum atomic E-state index is 14.0. The number of benzene rings is 1. The van der Waals surface area contributed by atoms with Gasteiger partial charge in [-0.25, -0.2) is 9.18 Å². The van der Waals surface area contributed by atoms with Crippen molar-refractivity contribution in [1.29, 1.82) is 0 Å². The molecular formula is C21H29ClFN3O5. The Hall–Kier alpha value is -1.94. The van der Waals surface area contributed by atoms with Gasteiger partial charge >= 0.3 is 6.03 Å². The van der Waals surface area contributed by atoms with Gasteiger partial charge in [0.25, 0.3) is 5.91 Å². The summed E-state index contributed by atoms with van der Waals surface area (Å²) in [6.07, 6.45) is 0.850. The van der Waals surface area contributed by atoms with Crippen molar-refractivity contribution in [1.82, 2.24) is 15.5 Å². The van der Waals surface area contributed by atoms with Crippen molar-refractivity contribution in [3.05, 3.63) is 28.5 Å². The van der Waals surface area contributed by atoms with E-state index < -0.39 is 29.5 Å². The molecule has 3 amide bonds. The van der Waals surface area contributed by atoms with Gasteiger partial charge in [0.05, 0.1) is 18.7 Å². The third kappa shape index (κ3) is 4.95. The molecular weight excluding hydrogens is 429 g/mol. The zero-order chi connectivity index (χ0) is 22.8. The number of hydrogen-bond donors (Lipinski definition) is 3. The van der Waals surface area contributed by atoms with Gasteiger partial charge in [-0.05, 0) is 37.2 Å². The molecule has 2 fully saturated rings. The second kappa shape index (κ2) is 9.68. The Kier molecular flexibility index (Phi) is 7.41. The molecule has 2 aliphatic heterocycles. The predicted octanol–water partition coefficient (Wildman–Crippen LogP) is 2.24. The summed E-state index contributed by atoms with van der Waals surface area (Å²) in [6, 6.07) is 2.36. The summed E-state index contributed by atoms with van der Waals surface area (Å²) in [7, 11) is 2.99. The van der Waals surface area contributed by atoms with Crippen LogP contribution in [0.3, 0.4) is 0 Å². The number of piperidine rings is 1. The van der Waals surface area contributed by atoms with Gasteiger partial charge in [-0.2, -0.15) is 0 Å². The van der Waals surface area contributed by atoms with Gasteiger partial charge in [-0.1, -0.05) is 18.5 Å². The van der Waals surface area contributed by atoms with Crippen LogP contribution in [-0.4, -0.2) is 67.6 Å². The summed E-state index contributed by atoms with van der Waals surface area (Å²) in [6.45, 7) is 3.05. The number of methoxy groups -OCH3 is 2. The van der Waals surface area contributed by atoms with Gasteiger partial charge in [-0.3, -0.25) is 15.0 Å². The zero-order valence-corrected chi connectivity index (χ0v) is 18.7. The Bertz CT molecular complexity index is 833. The molecule has 8 nitrogen and oxygen atoms in total. The number of imide groups is 1. The minimum absolute atomic E-state index is 0.0195. The van der Waals surface area contributed by atoms with Crippen LogP contribution < -0.4 is 15.4 Å². The maximum Gasteiger partial charge on any atom is 0.322 e. The number of urea groups is 1. The molecule has 0 aliphatic carbocycles. The van der Waals surface area contributed by atoms with Crippen LogP contribution in [0.4, 0.5) is 9.18 Å². The second-order valence-electron chi connectivity index (χ2n) is 8.34. The minimum atomic E-state index is -1.20. The second-order valence-corrected chi connectivity index (χ2v) is 8.74. The van der Waals surface area contributed by atoms with Gasteiger partial charge in [0, 0.05) is 31.8 Å². The highest BCUT2D eigenvalue weighted by Crippen LogP contribution is 2.38. The molecule has 31 heavy (non-hydrogen) atoms. The number of carbonyl (C=O) groups excluding carboxylic acids is 2. The van der Waals surface area contributed by atoms with E-state index in [9.17, 15) is 19.1 Å². The number of nitrogens with zero attached hydrogens (tertiary/aromatic N) is 1. The van der Waals surface area contributed by atoms with Gasteiger partial charge in [0.15, 0.2) is 0 Å². The molecule has 3 atom stereocenters. The summed E-state index contributed by atoms with van der Waals surface area (Å²) in [5.41, 5.74) is -0.422. The molecule has 0 bridgehead atoms. The first kappa shape index (κ1) is 23.7. The lowest BCUT2D eigenvalue weighted by Crippen LogP contribution is -2.54. The number of aliphatic hydroxyl groups is 1. The van der Waals surface area contributed by atoms with E-state index in [2.05, 4.69) is 10.6 Å². The smallest absolute Gasteiger partial charge is 0.322 e. The normalized spacial score (nSPS) is 24.6. The van der Waals surface area contributed by atoms with Crippen molar-refractivity contribution in [3.63, 3.8) is 0 Å². The standard InChI is InChI=1S/C21H29ClFN3O5/c1-12(10-21(11-30-2)19(28)24-20(29)25-21)18(27)26-6-4-13(5-7-26)14-8-16(23)15(22)9-17(14)31-3/h8-9,12-13,18,27H,4-7,10-11H2,1-3H3,(H2,24,25,28,29)/t12-,18?,21-/m0/s1. The quantitative estimate of drug-likeness (QED) is 0.518. The SMILES string of the molecule is COC[C@]1(C[C@H](C)C(O)N2CCC(c3cc(F)c(Cl)cc3OC)CC2)NC(=O)NC1=O. The number of hydrogen-bond acceptors (Lipinski definition) is 6. The van der Waals surface area contributed by atoms with Crippen LogP contribution in [0.25, 0.3) is 0 Å². The molecule has 2 saturated heterocycles. The molecule has 2 heterocycles. The molecule has 2 aliphatic rings. The Morgan fingerprint density at radius 2 is 2.00 bits per heavy atom. The van der Waals surface area contributed by atoms with E-state index in [1.807, 2.05) is 11.8 Å². The maximum absolute atomic E-state index is 14.0. The number of likely N-dealkylation sites (tertiary alicyclic amines) is 1. The summed E-state index contributed by atoms with van der Waals surface area (Å²) >= 11 is 5.87. The molecule has 0 aromatic heterocycles. The fraction of sp³-hybridized carbons (Fsp3) is 0.619. The first-order valence-electron chi connectivity index (χ1n) is 10.3. The molecule has 1 aromatic carbocycles. The Morgan fingerprint density at radius 3 is 2.55 bits per heavy atom. The Balaban J connectivity index is 1.63. The Morgan fingerprint density at radius 1 is 1.32 bits per heavy atom. The highest BCUT2D eigenvalue weighted by molar-refractivity contribution is 6.30. The zero-order valence-electron chi connectivity index (χ0n) is 17.9. The summed E-state index contributed by atoms with van der Waals surface area (Å²) in [4.78, 5) is 25.9. The van der Waals surface area contributed by atoms with E-state index in [0.29, 0.717) is 31.7 Å². The van der Waals surface area contributed by atoms with Gasteiger partial charge in [-0.15, -0.1) is 0 Å². The summed E-state index contributed by atoms with van der Waals surface area (Å²) in [5, 5.41) is 15.8. The fourth-order valence-electron chi connectivity index (χ4n) is 4.61. The van der Waals surface area contributed by atoms with Crippen LogP contribution in [0.5, 0.6) is 5.75 Å². The van der Waals surface area contributed by atoms with Crippen LogP contribution >= 0.6 is 11.6 Å². The van der Waals surface area contributed by atoms with Crippen LogP contribution in [0.15, 0.2) is 12.1 Å².